The summed E-state index contributed by atoms with van der Waals surface area (Å²) in [5.41, 5.74) is 0.583. The molecule has 0 bridgehead atoms. The van der Waals surface area contributed by atoms with Crippen molar-refractivity contribution >= 4 is 17.6 Å². The number of aliphatic carboxylic acids is 1. The van der Waals surface area contributed by atoms with Crippen molar-refractivity contribution in [3.8, 4) is 0 Å². The Balaban J connectivity index is 2.85. The summed E-state index contributed by atoms with van der Waals surface area (Å²) < 4.78 is 13.2. The smallest absolute Gasteiger partial charge is 0.328 e. The zero-order valence-corrected chi connectivity index (χ0v) is 10.9. The molecule has 1 rings (SSSR count). The number of nitrogens with zero attached hydrogens (tertiary/aromatic N) is 1. The van der Waals surface area contributed by atoms with Gasteiger partial charge in [0.2, 0.25) is 5.91 Å². The lowest BCUT2D eigenvalue weighted by atomic mass is 10.2. The van der Waals surface area contributed by atoms with E-state index in [4.69, 9.17) is 5.11 Å². The molecule has 1 aromatic rings. The summed E-state index contributed by atoms with van der Waals surface area (Å²) in [6.45, 7) is 3.67. The zero-order chi connectivity index (χ0) is 14.4. The number of rotatable bonds is 6. The number of carbonyl (C=O) groups excluding carboxylic acids is 1. The van der Waals surface area contributed by atoms with Gasteiger partial charge in [0.1, 0.15) is 11.9 Å². The highest BCUT2D eigenvalue weighted by atomic mass is 19.1. The van der Waals surface area contributed by atoms with E-state index in [1.807, 2.05) is 6.92 Å². The zero-order valence-electron chi connectivity index (χ0n) is 10.9. The summed E-state index contributed by atoms with van der Waals surface area (Å²) in [5, 5.41) is 11.4. The van der Waals surface area contributed by atoms with Gasteiger partial charge in [0, 0.05) is 25.7 Å². The van der Waals surface area contributed by atoms with Gasteiger partial charge in [-0.25, -0.2) is 9.18 Å². The van der Waals surface area contributed by atoms with Gasteiger partial charge in [0.15, 0.2) is 0 Å². The van der Waals surface area contributed by atoms with E-state index in [0.29, 0.717) is 12.2 Å². The Bertz CT molecular complexity index is 465. The fraction of sp³-hybridized carbons (Fsp3) is 0.385. The van der Waals surface area contributed by atoms with E-state index in [0.717, 1.165) is 0 Å². The highest BCUT2D eigenvalue weighted by molar-refractivity contribution is 5.82. The summed E-state index contributed by atoms with van der Waals surface area (Å²) in [6, 6.07) is 4.87. The van der Waals surface area contributed by atoms with Crippen molar-refractivity contribution < 1.29 is 19.1 Å². The molecule has 104 valence electrons. The third kappa shape index (κ3) is 4.57. The summed E-state index contributed by atoms with van der Waals surface area (Å²) in [6.07, 6.45) is 0. The maximum Gasteiger partial charge on any atom is 0.328 e. The molecule has 5 nitrogen and oxygen atoms in total. The highest BCUT2D eigenvalue weighted by Gasteiger charge is 2.21. The van der Waals surface area contributed by atoms with Gasteiger partial charge in [-0.1, -0.05) is 6.07 Å². The predicted octanol–water partition coefficient (Wildman–Crippen LogP) is 1.24. The van der Waals surface area contributed by atoms with Gasteiger partial charge in [-0.3, -0.25) is 4.79 Å². The van der Waals surface area contributed by atoms with Crippen LogP contribution in [0.25, 0.3) is 0 Å². The Labute approximate surface area is 111 Å². The molecule has 1 unspecified atom stereocenters. The quantitative estimate of drug-likeness (QED) is 0.814. The Hall–Kier alpha value is -2.11. The Kier molecular flexibility index (Phi) is 5.29. The van der Waals surface area contributed by atoms with Crippen LogP contribution in [0.15, 0.2) is 24.3 Å². The molecule has 6 heteroatoms. The molecule has 2 N–H and O–H groups in total. The number of carbonyl (C=O) groups is 2. The highest BCUT2D eigenvalue weighted by Crippen LogP contribution is 2.15. The molecule has 0 spiro atoms. The molecule has 19 heavy (non-hydrogen) atoms. The molecule has 1 amide bonds. The first kappa shape index (κ1) is 14.9. The molecular formula is C13H17FN2O3. The second-order valence-electron chi connectivity index (χ2n) is 4.11. The predicted molar refractivity (Wildman–Crippen MR) is 69.5 cm³/mol. The molecule has 0 heterocycles. The van der Waals surface area contributed by atoms with E-state index in [9.17, 15) is 14.0 Å². The number of amides is 1. The number of hydrogen-bond donors (Lipinski definition) is 2. The Morgan fingerprint density at radius 2 is 2.16 bits per heavy atom. The fourth-order valence-corrected chi connectivity index (χ4v) is 1.74. The molecule has 0 aliphatic heterocycles. The summed E-state index contributed by atoms with van der Waals surface area (Å²) in [4.78, 5) is 23.7. The van der Waals surface area contributed by atoms with Crippen LogP contribution in [0.3, 0.4) is 0 Å². The molecule has 0 aliphatic rings. The molecule has 1 atom stereocenters. The van der Waals surface area contributed by atoms with Crippen LogP contribution in [-0.2, 0) is 9.59 Å². The van der Waals surface area contributed by atoms with Crippen molar-refractivity contribution in [3.05, 3.63) is 30.1 Å². The van der Waals surface area contributed by atoms with Crippen molar-refractivity contribution in [3.63, 3.8) is 0 Å². The first-order valence-electron chi connectivity index (χ1n) is 5.94. The standard InChI is InChI=1S/C13H17FN2O3/c1-3-16(11-6-4-5-10(14)7-11)8-12(13(18)19)15-9(2)17/h4-7,12H,3,8H2,1-2H3,(H,15,17)(H,18,19). The van der Waals surface area contributed by atoms with Crippen molar-refractivity contribution in [2.75, 3.05) is 18.0 Å². The SMILES string of the molecule is CCN(CC(NC(C)=O)C(=O)O)c1cccc(F)c1. The van der Waals surface area contributed by atoms with Gasteiger partial charge >= 0.3 is 5.97 Å². The first-order valence-corrected chi connectivity index (χ1v) is 5.94. The third-order valence-corrected chi connectivity index (χ3v) is 2.63. The number of halogens is 1. The van der Waals surface area contributed by atoms with Gasteiger partial charge < -0.3 is 15.3 Å². The first-order chi connectivity index (χ1) is 8.93. The monoisotopic (exact) mass is 268 g/mol. The minimum Gasteiger partial charge on any atom is -0.480 e. The van der Waals surface area contributed by atoms with Crippen molar-refractivity contribution in [1.82, 2.24) is 5.32 Å². The van der Waals surface area contributed by atoms with Crippen molar-refractivity contribution in [2.24, 2.45) is 0 Å². The number of nitrogens with one attached hydrogen (secondary N) is 1. The number of likely N-dealkylation sites (N-methyl/N-ethyl adjacent to an activating group) is 1. The van der Waals surface area contributed by atoms with Gasteiger partial charge in [-0.15, -0.1) is 0 Å². The molecule has 0 saturated carbocycles. The topological polar surface area (TPSA) is 69.6 Å². The molecule has 0 saturated heterocycles. The maximum absolute atomic E-state index is 13.2. The molecule has 0 aliphatic carbocycles. The molecular weight excluding hydrogens is 251 g/mol. The number of benzene rings is 1. The summed E-state index contributed by atoms with van der Waals surface area (Å²) in [5.74, 6) is -1.92. The van der Waals surface area contributed by atoms with Gasteiger partial charge in [-0.2, -0.15) is 0 Å². The summed E-state index contributed by atoms with van der Waals surface area (Å²) in [7, 11) is 0. The van der Waals surface area contributed by atoms with Crippen LogP contribution in [0.2, 0.25) is 0 Å². The van der Waals surface area contributed by atoms with Crippen LogP contribution in [0.5, 0.6) is 0 Å². The van der Waals surface area contributed by atoms with E-state index in [1.165, 1.54) is 19.1 Å². The Morgan fingerprint density at radius 1 is 1.47 bits per heavy atom. The largest absolute Gasteiger partial charge is 0.480 e. The van der Waals surface area contributed by atoms with Crippen LogP contribution >= 0.6 is 0 Å². The minimum absolute atomic E-state index is 0.0782. The third-order valence-electron chi connectivity index (χ3n) is 2.63. The minimum atomic E-state index is -1.12. The summed E-state index contributed by atoms with van der Waals surface area (Å²) >= 11 is 0. The van der Waals surface area contributed by atoms with E-state index >= 15 is 0 Å². The average Bonchev–Trinajstić information content (AvgIpc) is 2.33. The lowest BCUT2D eigenvalue weighted by molar-refractivity contribution is -0.141. The van der Waals surface area contributed by atoms with Crippen LogP contribution in [0.1, 0.15) is 13.8 Å². The van der Waals surface area contributed by atoms with E-state index < -0.39 is 17.9 Å². The molecule has 1 aromatic carbocycles. The second-order valence-corrected chi connectivity index (χ2v) is 4.11. The van der Waals surface area contributed by atoms with E-state index in [2.05, 4.69) is 5.32 Å². The van der Waals surface area contributed by atoms with Crippen LogP contribution in [-0.4, -0.2) is 36.1 Å². The van der Waals surface area contributed by atoms with E-state index in [-0.39, 0.29) is 12.4 Å². The average molecular weight is 268 g/mol. The van der Waals surface area contributed by atoms with Gasteiger partial charge in [0.25, 0.3) is 0 Å². The van der Waals surface area contributed by atoms with Crippen LogP contribution in [0.4, 0.5) is 10.1 Å². The fourth-order valence-electron chi connectivity index (χ4n) is 1.74. The number of carboxylic acid groups (broad SMARTS) is 1. The number of hydrogen-bond acceptors (Lipinski definition) is 3. The second kappa shape index (κ2) is 6.72. The van der Waals surface area contributed by atoms with Crippen LogP contribution in [0, 0.1) is 5.82 Å². The van der Waals surface area contributed by atoms with Crippen molar-refractivity contribution in [1.29, 1.82) is 0 Å². The van der Waals surface area contributed by atoms with Crippen molar-refractivity contribution in [2.45, 2.75) is 19.9 Å². The normalized spacial score (nSPS) is 11.7. The molecule has 0 radical (unpaired) electrons. The maximum atomic E-state index is 13.2. The molecule has 0 fully saturated rings. The lowest BCUT2D eigenvalue weighted by Gasteiger charge is -2.26. The number of anilines is 1. The molecule has 0 aromatic heterocycles. The van der Waals surface area contributed by atoms with Gasteiger partial charge in [-0.05, 0) is 25.1 Å². The van der Waals surface area contributed by atoms with Crippen LogP contribution < -0.4 is 10.2 Å². The Morgan fingerprint density at radius 3 is 2.63 bits per heavy atom. The van der Waals surface area contributed by atoms with Gasteiger partial charge in [0.05, 0.1) is 0 Å². The number of carboxylic acids is 1. The van der Waals surface area contributed by atoms with E-state index in [1.54, 1.807) is 17.0 Å². The lowest BCUT2D eigenvalue weighted by Crippen LogP contribution is -2.48.